The van der Waals surface area contributed by atoms with Crippen LogP contribution in [0.3, 0.4) is 0 Å². The molecule has 9 nitrogen and oxygen atoms in total. The van der Waals surface area contributed by atoms with Gasteiger partial charge in [-0.15, -0.1) is 11.8 Å². The van der Waals surface area contributed by atoms with Crippen LogP contribution < -0.4 is 0 Å². The molecule has 0 aromatic heterocycles. The fraction of sp³-hybridized carbons (Fsp3) is 0.675. The van der Waals surface area contributed by atoms with Crippen molar-refractivity contribution in [1.29, 1.82) is 0 Å². The molecular formula is C40H58O9S. The first kappa shape index (κ1) is 40.3. The van der Waals surface area contributed by atoms with Gasteiger partial charge in [0.15, 0.2) is 12.6 Å². The second kappa shape index (κ2) is 21.1. The Morgan fingerprint density at radius 3 is 2.38 bits per heavy atom. The van der Waals surface area contributed by atoms with E-state index >= 15 is 0 Å². The van der Waals surface area contributed by atoms with Crippen LogP contribution >= 0.6 is 0 Å². The number of hydrogen-bond acceptors (Lipinski definition) is 9. The molecule has 1 saturated carbocycles. The zero-order chi connectivity index (χ0) is 35.8. The molecule has 4 rings (SSSR count). The Balaban J connectivity index is 1.63. The first-order chi connectivity index (χ1) is 24.2. The van der Waals surface area contributed by atoms with Crippen molar-refractivity contribution in [3.8, 4) is 11.8 Å². The number of allylic oxidation sites excluding steroid dienone is 2. The summed E-state index contributed by atoms with van der Waals surface area (Å²) in [6.45, 7) is 7.44. The molecule has 2 heterocycles. The van der Waals surface area contributed by atoms with Gasteiger partial charge in [-0.3, -0.25) is 8.98 Å². The molecule has 8 atom stereocenters. The number of esters is 1. The van der Waals surface area contributed by atoms with Gasteiger partial charge in [0.2, 0.25) is 0 Å². The molecule has 2 saturated heterocycles. The van der Waals surface area contributed by atoms with Gasteiger partial charge >= 0.3 is 5.97 Å². The van der Waals surface area contributed by atoms with Gasteiger partial charge in [0.1, 0.15) is 0 Å². The Kier molecular flexibility index (Phi) is 17.0. The van der Waals surface area contributed by atoms with Crippen LogP contribution in [0.25, 0.3) is 0 Å². The van der Waals surface area contributed by atoms with Gasteiger partial charge in [-0.05, 0) is 88.7 Å². The van der Waals surface area contributed by atoms with E-state index in [9.17, 15) is 13.2 Å². The Bertz CT molecular complexity index is 1380. The van der Waals surface area contributed by atoms with Crippen molar-refractivity contribution >= 4 is 16.1 Å². The lowest BCUT2D eigenvalue weighted by Crippen LogP contribution is -2.32. The lowest BCUT2D eigenvalue weighted by molar-refractivity contribution is -0.193. The highest BCUT2D eigenvalue weighted by atomic mass is 32.2. The Morgan fingerprint density at radius 1 is 1.00 bits per heavy atom. The lowest BCUT2D eigenvalue weighted by Gasteiger charge is -2.31. The van der Waals surface area contributed by atoms with Crippen molar-refractivity contribution < 1.29 is 41.1 Å². The Hall–Kier alpha value is -2.52. The maximum Gasteiger partial charge on any atom is 0.305 e. The third-order valence-electron chi connectivity index (χ3n) is 9.70. The summed E-state index contributed by atoms with van der Waals surface area (Å²) in [4.78, 5) is 11.7. The van der Waals surface area contributed by atoms with Gasteiger partial charge in [0.25, 0.3) is 10.1 Å². The molecular weight excluding hydrogens is 656 g/mol. The minimum atomic E-state index is -4.04. The number of methoxy groups -OCH3 is 1. The summed E-state index contributed by atoms with van der Waals surface area (Å²) in [5.41, 5.74) is 0.969. The molecule has 10 heteroatoms. The number of ether oxygens (including phenoxy) is 5. The maximum atomic E-state index is 13.6. The minimum Gasteiger partial charge on any atom is -0.469 e. The summed E-state index contributed by atoms with van der Waals surface area (Å²) in [5.74, 6) is 5.97. The van der Waals surface area contributed by atoms with Crippen molar-refractivity contribution in [2.75, 3.05) is 20.3 Å². The predicted molar refractivity (Wildman–Crippen MR) is 192 cm³/mol. The Labute approximate surface area is 300 Å². The zero-order valence-electron chi connectivity index (χ0n) is 30.4. The molecule has 1 aromatic carbocycles. The monoisotopic (exact) mass is 714 g/mol. The van der Waals surface area contributed by atoms with Crippen molar-refractivity contribution in [2.45, 2.75) is 140 Å². The number of rotatable bonds is 17. The second-order valence-corrected chi connectivity index (χ2v) is 15.3. The van der Waals surface area contributed by atoms with E-state index in [0.29, 0.717) is 51.7 Å². The third kappa shape index (κ3) is 12.9. The van der Waals surface area contributed by atoms with E-state index in [1.807, 2.05) is 13.8 Å². The molecule has 1 aliphatic carbocycles. The molecule has 3 unspecified atom stereocenters. The molecule has 0 amide bonds. The van der Waals surface area contributed by atoms with Crippen LogP contribution in [-0.4, -0.2) is 65.6 Å². The normalized spacial score (nSPS) is 27.2. The van der Waals surface area contributed by atoms with E-state index < -0.39 is 16.2 Å². The molecule has 1 aromatic rings. The van der Waals surface area contributed by atoms with Crippen LogP contribution in [-0.2, 0) is 42.8 Å². The predicted octanol–water partition coefficient (Wildman–Crippen LogP) is 7.81. The van der Waals surface area contributed by atoms with Crippen LogP contribution in [0.1, 0.15) is 103 Å². The van der Waals surface area contributed by atoms with E-state index in [1.165, 1.54) is 7.11 Å². The number of carbonyl (C=O) groups excluding carboxylic acids is 1. The first-order valence-corrected chi connectivity index (χ1v) is 20.0. The average Bonchev–Trinajstić information content (AvgIpc) is 3.42. The van der Waals surface area contributed by atoms with Crippen molar-refractivity contribution in [2.24, 2.45) is 17.8 Å². The summed E-state index contributed by atoms with van der Waals surface area (Å²) in [6, 6.07) is 6.74. The van der Waals surface area contributed by atoms with Crippen LogP contribution in [0.2, 0.25) is 0 Å². The smallest absolute Gasteiger partial charge is 0.305 e. The average molecular weight is 715 g/mol. The van der Waals surface area contributed by atoms with Crippen molar-refractivity contribution in [3.05, 3.63) is 54.1 Å². The van der Waals surface area contributed by atoms with Gasteiger partial charge < -0.3 is 23.7 Å². The number of hydrogen-bond donors (Lipinski definition) is 0. The van der Waals surface area contributed by atoms with Gasteiger partial charge in [-0.25, -0.2) is 0 Å². The van der Waals surface area contributed by atoms with E-state index in [0.717, 1.165) is 50.5 Å². The number of benzene rings is 1. The van der Waals surface area contributed by atoms with Crippen LogP contribution in [0.5, 0.6) is 0 Å². The SMILES string of the molecule is CCC#CCC(C)[C@@H](C=C[C@@H]1[C@@H](CC=CCCCC(=O)OC)[C@H](OS(=O)(=O)c2ccc(C)cc2)C[C@H]1OC1CCCCO1)OC1CCCCO1. The van der Waals surface area contributed by atoms with Gasteiger partial charge in [0, 0.05) is 44.8 Å². The van der Waals surface area contributed by atoms with E-state index in [-0.39, 0.29) is 53.4 Å². The largest absolute Gasteiger partial charge is 0.469 e. The highest BCUT2D eigenvalue weighted by molar-refractivity contribution is 7.86. The maximum absolute atomic E-state index is 13.6. The summed E-state index contributed by atoms with van der Waals surface area (Å²) in [6.07, 6.45) is 16.5. The topological polar surface area (TPSA) is 107 Å². The number of carbonyl (C=O) groups is 1. The Morgan fingerprint density at radius 2 is 1.72 bits per heavy atom. The fourth-order valence-corrected chi connectivity index (χ4v) is 7.89. The molecule has 0 bridgehead atoms. The van der Waals surface area contributed by atoms with Crippen molar-refractivity contribution in [1.82, 2.24) is 0 Å². The summed E-state index contributed by atoms with van der Waals surface area (Å²) in [7, 11) is -2.65. The van der Waals surface area contributed by atoms with Gasteiger partial charge in [-0.1, -0.05) is 55.8 Å². The van der Waals surface area contributed by atoms with E-state index in [4.69, 9.17) is 27.9 Å². The number of aryl methyl sites for hydroxylation is 1. The van der Waals surface area contributed by atoms with Crippen LogP contribution in [0, 0.1) is 36.5 Å². The quantitative estimate of drug-likeness (QED) is 0.0525. The summed E-state index contributed by atoms with van der Waals surface area (Å²) < 4.78 is 63.4. The molecule has 0 N–H and O–H groups in total. The standard InChI is InChI=1S/C40H58O9S/c1-5-6-9-16-31(3)35(47-39-19-12-14-27-45-39)26-25-34-33(17-10-7-8-11-18-38(41)44-4)37(29-36(34)48-40-20-13-15-28-46-40)49-50(42,43)32-23-21-30(2)22-24-32/h7,10,21-26,31,33-37,39-40H,5,8,11-20,27-29H2,1-4H3/t31?,33-,34-,35-,36-,37-,39?,40?/m1/s1. The minimum absolute atomic E-state index is 0.111. The van der Waals surface area contributed by atoms with Crippen molar-refractivity contribution in [3.63, 3.8) is 0 Å². The van der Waals surface area contributed by atoms with E-state index in [1.54, 1.807) is 24.3 Å². The highest BCUT2D eigenvalue weighted by Gasteiger charge is 2.46. The first-order valence-electron chi connectivity index (χ1n) is 18.6. The highest BCUT2D eigenvalue weighted by Crippen LogP contribution is 2.42. The second-order valence-electron chi connectivity index (χ2n) is 13.7. The molecule has 50 heavy (non-hydrogen) atoms. The summed E-state index contributed by atoms with van der Waals surface area (Å²) in [5, 5.41) is 0. The van der Waals surface area contributed by atoms with Gasteiger partial charge in [-0.2, -0.15) is 8.42 Å². The van der Waals surface area contributed by atoms with Crippen LogP contribution in [0.15, 0.2) is 53.5 Å². The molecule has 0 radical (unpaired) electrons. The van der Waals surface area contributed by atoms with Crippen LogP contribution in [0.4, 0.5) is 0 Å². The zero-order valence-corrected chi connectivity index (χ0v) is 31.2. The molecule has 3 fully saturated rings. The molecule has 0 spiro atoms. The molecule has 3 aliphatic rings. The third-order valence-corrected chi connectivity index (χ3v) is 11.1. The number of unbranched alkanes of at least 4 members (excludes halogenated alkanes) is 1. The lowest BCUT2D eigenvalue weighted by atomic mass is 9.88. The van der Waals surface area contributed by atoms with Gasteiger partial charge in [0.05, 0.1) is 30.3 Å². The summed E-state index contributed by atoms with van der Waals surface area (Å²) >= 11 is 0. The van der Waals surface area contributed by atoms with E-state index in [2.05, 4.69) is 43.1 Å². The fourth-order valence-electron chi connectivity index (χ4n) is 6.77. The molecule has 2 aliphatic heterocycles. The molecule has 278 valence electrons.